The number of hydrogen-bond acceptors (Lipinski definition) is 4. The summed E-state index contributed by atoms with van der Waals surface area (Å²) in [7, 11) is 1.81. The molecule has 3 rings (SSSR count). The Morgan fingerprint density at radius 1 is 1.27 bits per heavy atom. The van der Waals surface area contributed by atoms with Gasteiger partial charge in [0.25, 0.3) is 0 Å². The third kappa shape index (κ3) is 3.23. The quantitative estimate of drug-likeness (QED) is 0.843. The van der Waals surface area contributed by atoms with Gasteiger partial charge in [0.2, 0.25) is 11.8 Å². The van der Waals surface area contributed by atoms with E-state index in [0.717, 1.165) is 9.75 Å². The number of likely N-dealkylation sites (N-methyl/N-ethyl adjacent to an activating group) is 1. The van der Waals surface area contributed by atoms with Crippen molar-refractivity contribution in [1.82, 2.24) is 9.80 Å². The molecule has 6 heteroatoms. The van der Waals surface area contributed by atoms with Crippen LogP contribution in [-0.4, -0.2) is 34.7 Å². The van der Waals surface area contributed by atoms with Crippen molar-refractivity contribution >= 4 is 34.5 Å². The summed E-state index contributed by atoms with van der Waals surface area (Å²) in [6.45, 7) is 1.15. The number of likely N-dealkylation sites (tertiary alicyclic amines) is 1. The van der Waals surface area contributed by atoms with Gasteiger partial charge in [0, 0.05) is 23.2 Å². The molecule has 1 aliphatic heterocycles. The number of nitrogens with zero attached hydrogens (tertiary/aromatic N) is 2. The SMILES string of the molecule is CN(Cc1cccs1)C(=O)C1CCC(=O)N1Cc1cccs1. The van der Waals surface area contributed by atoms with Crippen LogP contribution in [0.5, 0.6) is 0 Å². The Balaban J connectivity index is 1.68. The van der Waals surface area contributed by atoms with Crippen LogP contribution in [0, 0.1) is 0 Å². The highest BCUT2D eigenvalue weighted by atomic mass is 32.1. The van der Waals surface area contributed by atoms with Gasteiger partial charge < -0.3 is 9.80 Å². The third-order valence-corrected chi connectivity index (χ3v) is 5.59. The van der Waals surface area contributed by atoms with Gasteiger partial charge in [0.05, 0.1) is 13.1 Å². The summed E-state index contributed by atoms with van der Waals surface area (Å²) in [4.78, 5) is 30.6. The fraction of sp³-hybridized carbons (Fsp3) is 0.375. The molecule has 0 radical (unpaired) electrons. The van der Waals surface area contributed by atoms with E-state index in [-0.39, 0.29) is 17.9 Å². The van der Waals surface area contributed by atoms with Gasteiger partial charge in [0.15, 0.2) is 0 Å². The van der Waals surface area contributed by atoms with Crippen molar-refractivity contribution in [1.29, 1.82) is 0 Å². The van der Waals surface area contributed by atoms with Crippen LogP contribution in [0.3, 0.4) is 0 Å². The van der Waals surface area contributed by atoms with Crippen LogP contribution in [0.2, 0.25) is 0 Å². The molecule has 0 saturated carbocycles. The summed E-state index contributed by atoms with van der Waals surface area (Å²) in [5.41, 5.74) is 0. The molecule has 3 heterocycles. The predicted molar refractivity (Wildman–Crippen MR) is 88.7 cm³/mol. The Morgan fingerprint density at radius 3 is 2.59 bits per heavy atom. The van der Waals surface area contributed by atoms with Crippen LogP contribution in [0.15, 0.2) is 35.0 Å². The highest BCUT2D eigenvalue weighted by Gasteiger charge is 2.37. The van der Waals surface area contributed by atoms with E-state index in [1.807, 2.05) is 42.1 Å². The van der Waals surface area contributed by atoms with Crippen molar-refractivity contribution in [3.05, 3.63) is 44.8 Å². The zero-order valence-electron chi connectivity index (χ0n) is 12.4. The summed E-state index contributed by atoms with van der Waals surface area (Å²) < 4.78 is 0. The van der Waals surface area contributed by atoms with Gasteiger partial charge in [-0.1, -0.05) is 12.1 Å². The minimum atomic E-state index is -0.320. The first-order valence-electron chi connectivity index (χ1n) is 7.24. The van der Waals surface area contributed by atoms with Gasteiger partial charge in [-0.05, 0) is 29.3 Å². The lowest BCUT2D eigenvalue weighted by Crippen LogP contribution is -2.44. The summed E-state index contributed by atoms with van der Waals surface area (Å²) in [5.74, 6) is 0.118. The molecule has 2 aromatic heterocycles. The predicted octanol–water partition coefficient (Wildman–Crippen LogP) is 2.96. The summed E-state index contributed by atoms with van der Waals surface area (Å²) >= 11 is 3.26. The van der Waals surface area contributed by atoms with Gasteiger partial charge in [-0.15, -0.1) is 22.7 Å². The summed E-state index contributed by atoms with van der Waals surface area (Å²) in [5, 5.41) is 4.01. The normalized spacial score (nSPS) is 18.0. The molecule has 1 atom stereocenters. The number of rotatable bonds is 5. The minimum Gasteiger partial charge on any atom is -0.339 e. The Kier molecular flexibility index (Phi) is 4.59. The van der Waals surface area contributed by atoms with E-state index in [2.05, 4.69) is 0 Å². The Bertz CT molecular complexity index is 637. The van der Waals surface area contributed by atoms with Crippen LogP contribution in [0.4, 0.5) is 0 Å². The zero-order chi connectivity index (χ0) is 15.5. The first kappa shape index (κ1) is 15.2. The molecule has 0 spiro atoms. The maximum atomic E-state index is 12.7. The number of carbonyl (C=O) groups excluding carboxylic acids is 2. The van der Waals surface area contributed by atoms with Crippen molar-refractivity contribution in [2.24, 2.45) is 0 Å². The molecule has 116 valence electrons. The first-order chi connectivity index (χ1) is 10.6. The minimum absolute atomic E-state index is 0.0378. The number of amides is 2. The van der Waals surface area contributed by atoms with E-state index in [1.165, 1.54) is 0 Å². The average molecular weight is 334 g/mol. The lowest BCUT2D eigenvalue weighted by atomic mass is 10.2. The van der Waals surface area contributed by atoms with Gasteiger partial charge in [-0.2, -0.15) is 0 Å². The molecule has 0 N–H and O–H groups in total. The molecule has 1 saturated heterocycles. The van der Waals surface area contributed by atoms with Crippen LogP contribution in [0.1, 0.15) is 22.6 Å². The highest BCUT2D eigenvalue weighted by Crippen LogP contribution is 2.25. The molecular formula is C16H18N2O2S2. The van der Waals surface area contributed by atoms with Gasteiger partial charge in [-0.25, -0.2) is 0 Å². The van der Waals surface area contributed by atoms with Gasteiger partial charge >= 0.3 is 0 Å². The maximum Gasteiger partial charge on any atom is 0.245 e. The van der Waals surface area contributed by atoms with E-state index in [9.17, 15) is 9.59 Å². The lowest BCUT2D eigenvalue weighted by Gasteiger charge is -2.27. The molecule has 0 aromatic carbocycles. The average Bonchev–Trinajstić information content (AvgIpc) is 3.23. The third-order valence-electron chi connectivity index (χ3n) is 3.87. The van der Waals surface area contributed by atoms with Crippen molar-refractivity contribution in [2.45, 2.75) is 32.0 Å². The second-order valence-corrected chi connectivity index (χ2v) is 7.49. The number of carbonyl (C=O) groups is 2. The van der Waals surface area contributed by atoms with Crippen LogP contribution in [0.25, 0.3) is 0 Å². The molecule has 2 aromatic rings. The van der Waals surface area contributed by atoms with Crippen molar-refractivity contribution in [2.75, 3.05) is 7.05 Å². The smallest absolute Gasteiger partial charge is 0.245 e. The fourth-order valence-corrected chi connectivity index (χ4v) is 4.19. The largest absolute Gasteiger partial charge is 0.339 e. The fourth-order valence-electron chi connectivity index (χ4n) is 2.73. The molecule has 0 aliphatic carbocycles. The molecule has 2 amide bonds. The maximum absolute atomic E-state index is 12.7. The highest BCUT2D eigenvalue weighted by molar-refractivity contribution is 7.10. The summed E-state index contributed by atoms with van der Waals surface area (Å²) in [6, 6.07) is 7.67. The van der Waals surface area contributed by atoms with E-state index in [4.69, 9.17) is 0 Å². The molecule has 4 nitrogen and oxygen atoms in total. The zero-order valence-corrected chi connectivity index (χ0v) is 14.0. The molecular weight excluding hydrogens is 316 g/mol. The molecule has 1 unspecified atom stereocenters. The Morgan fingerprint density at radius 2 is 1.95 bits per heavy atom. The first-order valence-corrected chi connectivity index (χ1v) is 9.00. The summed E-state index contributed by atoms with van der Waals surface area (Å²) in [6.07, 6.45) is 1.09. The standard InChI is InChI=1S/C16H18N2O2S2/c1-17(10-12-4-2-8-21-12)16(20)14-6-7-15(19)18(14)11-13-5-3-9-22-13/h2-5,8-9,14H,6-7,10-11H2,1H3. The second kappa shape index (κ2) is 6.62. The van der Waals surface area contributed by atoms with E-state index >= 15 is 0 Å². The molecule has 0 bridgehead atoms. The van der Waals surface area contributed by atoms with Crippen LogP contribution >= 0.6 is 22.7 Å². The lowest BCUT2D eigenvalue weighted by molar-refractivity contribution is -0.141. The van der Waals surface area contributed by atoms with Crippen molar-refractivity contribution < 1.29 is 9.59 Å². The number of thiophene rings is 2. The van der Waals surface area contributed by atoms with Crippen LogP contribution < -0.4 is 0 Å². The monoisotopic (exact) mass is 334 g/mol. The van der Waals surface area contributed by atoms with Gasteiger partial charge in [-0.3, -0.25) is 9.59 Å². The van der Waals surface area contributed by atoms with E-state index < -0.39 is 0 Å². The Labute approximate surface area is 138 Å². The molecule has 1 fully saturated rings. The Hall–Kier alpha value is -1.66. The van der Waals surface area contributed by atoms with E-state index in [0.29, 0.717) is 25.9 Å². The topological polar surface area (TPSA) is 40.6 Å². The van der Waals surface area contributed by atoms with Crippen LogP contribution in [-0.2, 0) is 22.7 Å². The van der Waals surface area contributed by atoms with E-state index in [1.54, 1.807) is 32.5 Å². The van der Waals surface area contributed by atoms with Crippen molar-refractivity contribution in [3.8, 4) is 0 Å². The molecule has 22 heavy (non-hydrogen) atoms. The van der Waals surface area contributed by atoms with Gasteiger partial charge in [0.1, 0.15) is 6.04 Å². The number of hydrogen-bond donors (Lipinski definition) is 0. The second-order valence-electron chi connectivity index (χ2n) is 5.43. The molecule has 1 aliphatic rings. The van der Waals surface area contributed by atoms with Crippen molar-refractivity contribution in [3.63, 3.8) is 0 Å².